The molecule has 1 aromatic rings. The number of nitrogens with zero attached hydrogens (tertiary/aromatic N) is 4. The van der Waals surface area contributed by atoms with Crippen LogP contribution < -0.4 is 10.6 Å². The number of anilines is 1. The van der Waals surface area contributed by atoms with Gasteiger partial charge >= 0.3 is 0 Å². The summed E-state index contributed by atoms with van der Waals surface area (Å²) in [6.45, 7) is 0.715. The average Bonchev–Trinajstić information content (AvgIpc) is 3.01. The topological polar surface area (TPSA) is 93.7 Å². The molecule has 5 rings (SSSR count). The van der Waals surface area contributed by atoms with E-state index in [2.05, 4.69) is 6.07 Å². The van der Waals surface area contributed by atoms with Crippen LogP contribution >= 0.6 is 0 Å². The van der Waals surface area contributed by atoms with Crippen LogP contribution in [0.4, 0.5) is 14.5 Å². The van der Waals surface area contributed by atoms with E-state index in [-0.39, 0.29) is 36.1 Å². The summed E-state index contributed by atoms with van der Waals surface area (Å²) >= 11 is 0. The Morgan fingerprint density at radius 3 is 2.62 bits per heavy atom. The first-order valence-corrected chi connectivity index (χ1v) is 9.88. The molecule has 2 N–H and O–H groups in total. The highest BCUT2D eigenvalue weighted by Crippen LogP contribution is 2.47. The SMILES string of the molecule is N#C[C@@H]1C[C@@H]2C[C@@H]2N1C(=O)[C@@H](N)CN1CC2C[C@H]1C(=O)N2c1cc(F)cc(F)c1. The number of piperidine rings is 1. The Balaban J connectivity index is 1.26. The number of fused-ring (bicyclic) bond motifs is 3. The number of hydrogen-bond donors (Lipinski definition) is 1. The molecule has 4 fully saturated rings. The Morgan fingerprint density at radius 1 is 1.24 bits per heavy atom. The Morgan fingerprint density at radius 2 is 1.97 bits per heavy atom. The lowest BCUT2D eigenvalue weighted by Crippen LogP contribution is -2.57. The van der Waals surface area contributed by atoms with Crippen LogP contribution in [0, 0.1) is 28.9 Å². The van der Waals surface area contributed by atoms with Gasteiger partial charge in [0.15, 0.2) is 0 Å². The summed E-state index contributed by atoms with van der Waals surface area (Å²) in [6.07, 6.45) is 2.18. The minimum Gasteiger partial charge on any atom is -0.322 e. The minimum absolute atomic E-state index is 0.133. The second-order valence-corrected chi connectivity index (χ2v) is 8.49. The number of likely N-dealkylation sites (tertiary alicyclic amines) is 2. The molecule has 3 saturated heterocycles. The van der Waals surface area contributed by atoms with E-state index in [4.69, 9.17) is 5.73 Å². The van der Waals surface area contributed by atoms with Gasteiger partial charge in [-0.2, -0.15) is 5.26 Å². The predicted molar refractivity (Wildman–Crippen MR) is 98.3 cm³/mol. The predicted octanol–water partition coefficient (Wildman–Crippen LogP) is 0.595. The van der Waals surface area contributed by atoms with Crippen LogP contribution in [0.5, 0.6) is 0 Å². The number of nitrogens with two attached hydrogens (primary N) is 1. The molecule has 6 atom stereocenters. The number of carbonyl (C=O) groups excluding carboxylic acids is 2. The first-order chi connectivity index (χ1) is 13.9. The van der Waals surface area contributed by atoms with Crippen LogP contribution in [0.3, 0.4) is 0 Å². The maximum absolute atomic E-state index is 13.6. The van der Waals surface area contributed by atoms with Crippen molar-refractivity contribution in [1.82, 2.24) is 9.80 Å². The number of amides is 2. The lowest BCUT2D eigenvalue weighted by atomic mass is 10.1. The molecule has 3 aliphatic heterocycles. The van der Waals surface area contributed by atoms with Gasteiger partial charge in [0.2, 0.25) is 11.8 Å². The van der Waals surface area contributed by atoms with Gasteiger partial charge in [-0.25, -0.2) is 8.78 Å². The van der Waals surface area contributed by atoms with E-state index in [1.54, 1.807) is 4.90 Å². The lowest BCUT2D eigenvalue weighted by molar-refractivity contribution is -0.135. The molecular weight excluding hydrogens is 380 g/mol. The molecule has 3 heterocycles. The fourth-order valence-corrected chi connectivity index (χ4v) is 5.29. The zero-order chi connectivity index (χ0) is 20.4. The van der Waals surface area contributed by atoms with Crippen molar-refractivity contribution in [1.29, 1.82) is 5.26 Å². The highest BCUT2D eigenvalue weighted by Gasteiger charge is 2.55. The normalized spacial score (nSPS) is 33.7. The molecule has 7 nitrogen and oxygen atoms in total. The van der Waals surface area contributed by atoms with Crippen LogP contribution in [0.25, 0.3) is 0 Å². The molecule has 0 aromatic heterocycles. The average molecular weight is 401 g/mol. The molecular formula is C20H21F2N5O2. The fraction of sp³-hybridized carbons (Fsp3) is 0.550. The maximum atomic E-state index is 13.6. The molecule has 1 saturated carbocycles. The van der Waals surface area contributed by atoms with Gasteiger partial charge in [0.1, 0.15) is 17.7 Å². The summed E-state index contributed by atoms with van der Waals surface area (Å²) in [7, 11) is 0. The Hall–Kier alpha value is -2.57. The lowest BCUT2D eigenvalue weighted by Gasteiger charge is -2.35. The summed E-state index contributed by atoms with van der Waals surface area (Å²) in [6, 6.07) is 3.52. The van der Waals surface area contributed by atoms with Crippen LogP contribution in [-0.4, -0.2) is 64.9 Å². The van der Waals surface area contributed by atoms with E-state index in [0.717, 1.165) is 24.6 Å². The van der Waals surface area contributed by atoms with Gasteiger partial charge in [-0.15, -0.1) is 0 Å². The fourth-order valence-electron chi connectivity index (χ4n) is 5.29. The van der Waals surface area contributed by atoms with Crippen molar-refractivity contribution in [2.45, 2.75) is 49.5 Å². The molecule has 1 unspecified atom stereocenters. The van der Waals surface area contributed by atoms with Crippen molar-refractivity contribution in [2.24, 2.45) is 11.7 Å². The molecule has 0 spiro atoms. The van der Waals surface area contributed by atoms with Crippen molar-refractivity contribution >= 4 is 17.5 Å². The van der Waals surface area contributed by atoms with Gasteiger partial charge in [0.05, 0.1) is 24.2 Å². The number of rotatable bonds is 4. The quantitative estimate of drug-likeness (QED) is 0.797. The highest BCUT2D eigenvalue weighted by molar-refractivity contribution is 6.01. The molecule has 9 heteroatoms. The van der Waals surface area contributed by atoms with E-state index >= 15 is 0 Å². The first kappa shape index (κ1) is 18.5. The number of halogens is 2. The monoisotopic (exact) mass is 401 g/mol. The van der Waals surface area contributed by atoms with Crippen molar-refractivity contribution in [2.75, 3.05) is 18.0 Å². The standard InChI is InChI=1S/C20H21F2N5O2/c21-11-3-12(22)5-13(4-11)26-15-6-18(20(26)29)25(8-15)9-16(24)19(28)27-14(7-23)1-10-2-17(10)27/h3-5,10,14-18H,1-2,6,8-9,24H2/t10-,14+,15?,16+,17+,18+/m1/s1. The van der Waals surface area contributed by atoms with Gasteiger partial charge in [0, 0.05) is 30.9 Å². The van der Waals surface area contributed by atoms with E-state index < -0.39 is 29.8 Å². The van der Waals surface area contributed by atoms with Gasteiger partial charge in [-0.1, -0.05) is 0 Å². The molecule has 1 aromatic carbocycles. The molecule has 29 heavy (non-hydrogen) atoms. The molecule has 2 bridgehead atoms. The highest BCUT2D eigenvalue weighted by atomic mass is 19.1. The Bertz CT molecular complexity index is 914. The van der Waals surface area contributed by atoms with Crippen molar-refractivity contribution in [3.05, 3.63) is 29.8 Å². The summed E-state index contributed by atoms with van der Waals surface area (Å²) in [5, 5.41) is 9.29. The third kappa shape index (κ3) is 2.90. The molecule has 1 aliphatic carbocycles. The van der Waals surface area contributed by atoms with E-state index in [1.807, 2.05) is 4.90 Å². The summed E-state index contributed by atoms with van der Waals surface area (Å²) in [5.74, 6) is -1.50. The van der Waals surface area contributed by atoms with Crippen molar-refractivity contribution in [3.8, 4) is 6.07 Å². The number of nitriles is 1. The number of carbonyl (C=O) groups is 2. The van der Waals surface area contributed by atoms with Crippen molar-refractivity contribution in [3.63, 3.8) is 0 Å². The largest absolute Gasteiger partial charge is 0.322 e. The third-order valence-electron chi connectivity index (χ3n) is 6.65. The molecule has 4 aliphatic rings. The number of benzene rings is 1. The Kier molecular flexibility index (Phi) is 4.12. The van der Waals surface area contributed by atoms with Crippen LogP contribution in [0.15, 0.2) is 18.2 Å². The zero-order valence-electron chi connectivity index (χ0n) is 15.7. The Labute approximate surface area is 166 Å². The molecule has 0 radical (unpaired) electrons. The first-order valence-electron chi connectivity index (χ1n) is 9.88. The molecule has 152 valence electrons. The summed E-state index contributed by atoms with van der Waals surface area (Å²) in [4.78, 5) is 30.6. The van der Waals surface area contributed by atoms with Gasteiger partial charge < -0.3 is 15.5 Å². The van der Waals surface area contributed by atoms with Crippen LogP contribution in [0.2, 0.25) is 0 Å². The second-order valence-electron chi connectivity index (χ2n) is 8.49. The van der Waals surface area contributed by atoms with E-state index in [9.17, 15) is 23.6 Å². The van der Waals surface area contributed by atoms with Crippen LogP contribution in [0.1, 0.15) is 19.3 Å². The van der Waals surface area contributed by atoms with Gasteiger partial charge in [0.25, 0.3) is 0 Å². The minimum atomic E-state index is -0.808. The second kappa shape index (κ2) is 6.47. The van der Waals surface area contributed by atoms with Gasteiger partial charge in [-0.05, 0) is 37.3 Å². The van der Waals surface area contributed by atoms with E-state index in [0.29, 0.717) is 25.3 Å². The zero-order valence-corrected chi connectivity index (χ0v) is 15.7. The number of piperazine rings is 1. The van der Waals surface area contributed by atoms with Crippen LogP contribution in [-0.2, 0) is 9.59 Å². The molecule has 2 amide bonds. The smallest absolute Gasteiger partial charge is 0.244 e. The van der Waals surface area contributed by atoms with Crippen molar-refractivity contribution < 1.29 is 18.4 Å². The van der Waals surface area contributed by atoms with E-state index in [1.165, 1.54) is 4.90 Å². The summed E-state index contributed by atoms with van der Waals surface area (Å²) < 4.78 is 27.1. The maximum Gasteiger partial charge on any atom is 0.244 e. The summed E-state index contributed by atoms with van der Waals surface area (Å²) in [5.41, 5.74) is 6.39. The third-order valence-corrected chi connectivity index (χ3v) is 6.65. The van der Waals surface area contributed by atoms with Gasteiger partial charge in [-0.3, -0.25) is 14.5 Å². The number of hydrogen-bond acceptors (Lipinski definition) is 5.